The molecule has 1 fully saturated rings. The maximum absolute atomic E-state index is 12.3. The van der Waals surface area contributed by atoms with E-state index in [-0.39, 0.29) is 18.0 Å². The summed E-state index contributed by atoms with van der Waals surface area (Å²) in [5, 5.41) is 0. The van der Waals surface area contributed by atoms with Crippen LogP contribution in [-0.4, -0.2) is 40.8 Å². The van der Waals surface area contributed by atoms with Crippen LogP contribution in [0.5, 0.6) is 5.75 Å². The van der Waals surface area contributed by atoms with Gasteiger partial charge in [-0.25, -0.2) is 17.9 Å². The number of aryl methyl sites for hydroxylation is 1. The van der Waals surface area contributed by atoms with Crippen LogP contribution in [0.4, 0.5) is 10.5 Å². The zero-order valence-electron chi connectivity index (χ0n) is 14.5. The van der Waals surface area contributed by atoms with Crippen LogP contribution in [0.15, 0.2) is 53.4 Å². The van der Waals surface area contributed by atoms with Gasteiger partial charge in [-0.1, -0.05) is 23.8 Å². The van der Waals surface area contributed by atoms with E-state index in [2.05, 4.69) is 4.72 Å². The van der Waals surface area contributed by atoms with Gasteiger partial charge < -0.3 is 9.47 Å². The molecule has 8 heteroatoms. The first-order valence-electron chi connectivity index (χ1n) is 8.07. The van der Waals surface area contributed by atoms with Gasteiger partial charge >= 0.3 is 6.09 Å². The van der Waals surface area contributed by atoms with E-state index in [1.165, 1.54) is 4.90 Å². The molecule has 0 spiro atoms. The largest absolute Gasteiger partial charge is 0.497 e. The van der Waals surface area contributed by atoms with Crippen molar-refractivity contribution in [1.29, 1.82) is 0 Å². The number of nitrogens with zero attached hydrogens (tertiary/aromatic N) is 1. The molecule has 1 heterocycles. The number of carbonyl (C=O) groups excluding carboxylic acids is 1. The molecule has 1 saturated heterocycles. The standard InChI is InChI=1S/C18H20N2O5S/c1-13-6-8-17(9-7-13)26(22,23)19-11-16-12-20(18(21)25-16)14-4-3-5-15(10-14)24-2/h3-10,16,19H,11-12H2,1-2H3. The smallest absolute Gasteiger partial charge is 0.414 e. The molecule has 0 radical (unpaired) electrons. The van der Waals surface area contributed by atoms with Crippen molar-refractivity contribution in [3.05, 3.63) is 54.1 Å². The zero-order valence-corrected chi connectivity index (χ0v) is 15.3. The highest BCUT2D eigenvalue weighted by molar-refractivity contribution is 7.89. The monoisotopic (exact) mass is 376 g/mol. The van der Waals surface area contributed by atoms with Gasteiger partial charge in [-0.3, -0.25) is 4.90 Å². The Morgan fingerprint density at radius 1 is 1.23 bits per heavy atom. The SMILES string of the molecule is COc1cccc(N2CC(CNS(=O)(=O)c3ccc(C)cc3)OC2=O)c1. The number of amides is 1. The van der Waals surface area contributed by atoms with Crippen LogP contribution in [0.1, 0.15) is 5.56 Å². The fraction of sp³-hybridized carbons (Fsp3) is 0.278. The summed E-state index contributed by atoms with van der Waals surface area (Å²) < 4.78 is 37.6. The third kappa shape index (κ3) is 3.97. The number of cyclic esters (lactones) is 1. The molecular formula is C18H20N2O5S. The van der Waals surface area contributed by atoms with Gasteiger partial charge in [0.05, 0.1) is 24.2 Å². The Morgan fingerprint density at radius 2 is 1.96 bits per heavy atom. The molecule has 1 aliphatic rings. The number of hydrogen-bond donors (Lipinski definition) is 1. The fourth-order valence-electron chi connectivity index (χ4n) is 2.62. The van der Waals surface area contributed by atoms with Crippen LogP contribution < -0.4 is 14.4 Å². The van der Waals surface area contributed by atoms with Gasteiger partial charge in [0.15, 0.2) is 0 Å². The first-order valence-corrected chi connectivity index (χ1v) is 9.56. The average molecular weight is 376 g/mol. The first kappa shape index (κ1) is 18.2. The number of nitrogens with one attached hydrogen (secondary N) is 1. The number of carbonyl (C=O) groups is 1. The fourth-order valence-corrected chi connectivity index (χ4v) is 3.69. The molecule has 1 N–H and O–H groups in total. The lowest BCUT2D eigenvalue weighted by Gasteiger charge is -2.14. The van der Waals surface area contributed by atoms with E-state index in [9.17, 15) is 13.2 Å². The van der Waals surface area contributed by atoms with Crippen LogP contribution in [-0.2, 0) is 14.8 Å². The van der Waals surface area contributed by atoms with Gasteiger partial charge in [0.25, 0.3) is 0 Å². The Morgan fingerprint density at radius 3 is 2.65 bits per heavy atom. The van der Waals surface area contributed by atoms with Gasteiger partial charge in [-0.2, -0.15) is 0 Å². The lowest BCUT2D eigenvalue weighted by molar-refractivity contribution is 0.143. The third-order valence-electron chi connectivity index (χ3n) is 4.07. The predicted molar refractivity (Wildman–Crippen MR) is 97.0 cm³/mol. The summed E-state index contributed by atoms with van der Waals surface area (Å²) in [6, 6.07) is 13.6. The molecule has 7 nitrogen and oxygen atoms in total. The molecule has 0 bridgehead atoms. The van der Waals surface area contributed by atoms with Gasteiger partial charge in [0.2, 0.25) is 10.0 Å². The van der Waals surface area contributed by atoms with Crippen molar-refractivity contribution in [2.75, 3.05) is 25.1 Å². The van der Waals surface area contributed by atoms with E-state index in [1.54, 1.807) is 55.6 Å². The van der Waals surface area contributed by atoms with Crippen LogP contribution >= 0.6 is 0 Å². The summed E-state index contributed by atoms with van der Waals surface area (Å²) in [4.78, 5) is 13.7. The van der Waals surface area contributed by atoms with Crippen LogP contribution in [0, 0.1) is 6.92 Å². The lowest BCUT2D eigenvalue weighted by atomic mass is 10.2. The lowest BCUT2D eigenvalue weighted by Crippen LogP contribution is -2.34. The molecule has 1 aliphatic heterocycles. The van der Waals surface area contributed by atoms with E-state index in [4.69, 9.17) is 9.47 Å². The number of anilines is 1. The van der Waals surface area contributed by atoms with E-state index in [0.29, 0.717) is 11.4 Å². The van der Waals surface area contributed by atoms with Crippen molar-refractivity contribution < 1.29 is 22.7 Å². The minimum Gasteiger partial charge on any atom is -0.497 e. The van der Waals surface area contributed by atoms with Crippen LogP contribution in [0.3, 0.4) is 0 Å². The number of methoxy groups -OCH3 is 1. The number of sulfonamides is 1. The Kier molecular flexibility index (Phi) is 5.15. The summed E-state index contributed by atoms with van der Waals surface area (Å²) in [6.45, 7) is 2.14. The molecule has 26 heavy (non-hydrogen) atoms. The summed E-state index contributed by atoms with van der Waals surface area (Å²) >= 11 is 0. The normalized spacial score (nSPS) is 17.2. The maximum atomic E-state index is 12.3. The number of hydrogen-bond acceptors (Lipinski definition) is 5. The number of benzene rings is 2. The number of ether oxygens (including phenoxy) is 2. The van der Waals surface area contributed by atoms with E-state index >= 15 is 0 Å². The molecule has 2 aromatic rings. The molecule has 138 valence electrons. The third-order valence-corrected chi connectivity index (χ3v) is 5.51. The summed E-state index contributed by atoms with van der Waals surface area (Å²) in [6.07, 6.45) is -1.09. The zero-order chi connectivity index (χ0) is 18.7. The highest BCUT2D eigenvalue weighted by Crippen LogP contribution is 2.25. The topological polar surface area (TPSA) is 84.9 Å². The van der Waals surface area contributed by atoms with Crippen molar-refractivity contribution in [3.8, 4) is 5.75 Å². The highest BCUT2D eigenvalue weighted by Gasteiger charge is 2.33. The molecular weight excluding hydrogens is 356 g/mol. The van der Waals surface area contributed by atoms with Gasteiger partial charge in [-0.15, -0.1) is 0 Å². The van der Waals surface area contributed by atoms with Crippen LogP contribution in [0.2, 0.25) is 0 Å². The molecule has 1 atom stereocenters. The van der Waals surface area contributed by atoms with Crippen molar-refractivity contribution in [2.45, 2.75) is 17.9 Å². The van der Waals surface area contributed by atoms with E-state index < -0.39 is 22.2 Å². The molecule has 0 saturated carbocycles. The second-order valence-corrected chi connectivity index (χ2v) is 7.75. The van der Waals surface area contributed by atoms with Crippen molar-refractivity contribution in [2.24, 2.45) is 0 Å². The molecule has 0 aliphatic carbocycles. The second kappa shape index (κ2) is 7.35. The Hall–Kier alpha value is -2.58. The first-order chi connectivity index (χ1) is 12.4. The van der Waals surface area contributed by atoms with Crippen molar-refractivity contribution in [1.82, 2.24) is 4.72 Å². The summed E-state index contributed by atoms with van der Waals surface area (Å²) in [5.41, 5.74) is 1.61. The molecule has 1 unspecified atom stereocenters. The van der Waals surface area contributed by atoms with Crippen LogP contribution in [0.25, 0.3) is 0 Å². The average Bonchev–Trinajstić information content (AvgIpc) is 3.01. The Labute approximate surface area is 152 Å². The number of rotatable bonds is 6. The summed E-state index contributed by atoms with van der Waals surface area (Å²) in [7, 11) is -2.11. The molecule has 3 rings (SSSR count). The predicted octanol–water partition coefficient (Wildman–Crippen LogP) is 2.31. The van der Waals surface area contributed by atoms with Crippen molar-refractivity contribution in [3.63, 3.8) is 0 Å². The minimum absolute atomic E-state index is 0.00240. The van der Waals surface area contributed by atoms with Crippen molar-refractivity contribution >= 4 is 21.8 Å². The molecule has 0 aromatic heterocycles. The second-order valence-electron chi connectivity index (χ2n) is 5.98. The Bertz CT molecular complexity index is 896. The quantitative estimate of drug-likeness (QED) is 0.836. The van der Waals surface area contributed by atoms with E-state index in [0.717, 1.165) is 5.56 Å². The molecule has 2 aromatic carbocycles. The summed E-state index contributed by atoms with van der Waals surface area (Å²) in [5.74, 6) is 0.624. The van der Waals surface area contributed by atoms with Gasteiger partial charge in [-0.05, 0) is 31.2 Å². The maximum Gasteiger partial charge on any atom is 0.414 e. The van der Waals surface area contributed by atoms with E-state index in [1.807, 2.05) is 6.92 Å². The minimum atomic E-state index is -3.65. The molecule has 1 amide bonds. The highest BCUT2D eigenvalue weighted by atomic mass is 32.2. The Balaban J connectivity index is 1.65. The van der Waals surface area contributed by atoms with Gasteiger partial charge in [0.1, 0.15) is 11.9 Å². The van der Waals surface area contributed by atoms with Gasteiger partial charge in [0, 0.05) is 12.6 Å².